The van der Waals surface area contributed by atoms with Crippen LogP contribution >= 0.6 is 0 Å². The topological polar surface area (TPSA) is 69.2 Å². The van der Waals surface area contributed by atoms with Crippen molar-refractivity contribution in [2.45, 2.75) is 32.6 Å². The molecular formula is C13H26O3SiTi. The van der Waals surface area contributed by atoms with Gasteiger partial charge >= 0.3 is 21.7 Å². The number of rotatable bonds is 2. The van der Waals surface area contributed by atoms with Gasteiger partial charge in [0.25, 0.3) is 0 Å². The first-order valence-electron chi connectivity index (χ1n) is 5.43. The fraction of sp³-hybridized carbons (Fsp3) is 0.615. The molecule has 0 bridgehead atoms. The molecule has 0 unspecified atom stereocenters. The van der Waals surface area contributed by atoms with Gasteiger partial charge in [0.15, 0.2) is 0 Å². The largest absolute Gasteiger partial charge is 4.00 e. The first kappa shape index (κ1) is 26.7. The quantitative estimate of drug-likeness (QED) is 0.573. The average Bonchev–Trinajstić information content (AvgIpc) is 2.71. The van der Waals surface area contributed by atoms with Gasteiger partial charge in [0.1, 0.15) is 0 Å². The maximum Gasteiger partial charge on any atom is 4.00 e. The third-order valence-corrected chi connectivity index (χ3v) is 3.31. The molecule has 3 nitrogen and oxygen atoms in total. The van der Waals surface area contributed by atoms with Crippen molar-refractivity contribution in [1.29, 1.82) is 0 Å². The van der Waals surface area contributed by atoms with Crippen LogP contribution < -0.4 is 15.3 Å². The summed E-state index contributed by atoms with van der Waals surface area (Å²) < 4.78 is 0. The first-order valence-corrected chi connectivity index (χ1v) is 9.13. The molecule has 0 N–H and O–H groups in total. The van der Waals surface area contributed by atoms with Crippen molar-refractivity contribution in [2.75, 3.05) is 21.3 Å². The molecule has 0 atom stereocenters. The SMILES string of the molecule is C[O-].C[O-].C[O-].C[c-]1cccc1C[Si](C)(C)C.[Ti+4]. The van der Waals surface area contributed by atoms with Crippen molar-refractivity contribution in [3.63, 3.8) is 0 Å². The molecule has 0 saturated heterocycles. The van der Waals surface area contributed by atoms with Gasteiger partial charge in [0.05, 0.1) is 0 Å². The second kappa shape index (κ2) is 17.2. The summed E-state index contributed by atoms with van der Waals surface area (Å²) in [6, 6.07) is 7.94. The smallest absolute Gasteiger partial charge is 0.857 e. The zero-order chi connectivity index (χ0) is 14.5. The van der Waals surface area contributed by atoms with Gasteiger partial charge in [-0.1, -0.05) is 32.6 Å². The average molecular weight is 306 g/mol. The van der Waals surface area contributed by atoms with E-state index in [2.05, 4.69) is 44.8 Å². The summed E-state index contributed by atoms with van der Waals surface area (Å²) in [7, 11) is 1.36. The van der Waals surface area contributed by atoms with Crippen LogP contribution in [0.3, 0.4) is 0 Å². The second-order valence-electron chi connectivity index (χ2n) is 4.47. The minimum atomic E-state index is -0.893. The molecule has 1 aromatic carbocycles. The molecule has 0 heterocycles. The zero-order valence-corrected chi connectivity index (χ0v) is 15.2. The van der Waals surface area contributed by atoms with Gasteiger partial charge in [0.2, 0.25) is 0 Å². The Bertz CT molecular complexity index is 245. The fourth-order valence-corrected chi connectivity index (χ4v) is 2.86. The van der Waals surface area contributed by atoms with Gasteiger partial charge in [-0.2, -0.15) is 38.5 Å². The van der Waals surface area contributed by atoms with Crippen LogP contribution in [0.5, 0.6) is 0 Å². The Labute approximate surface area is 128 Å². The number of hydrogen-bond acceptors (Lipinski definition) is 3. The Morgan fingerprint density at radius 1 is 1.00 bits per heavy atom. The number of hydrogen-bond donors (Lipinski definition) is 0. The van der Waals surface area contributed by atoms with E-state index in [0.717, 1.165) is 21.3 Å². The van der Waals surface area contributed by atoms with Crippen molar-refractivity contribution in [2.24, 2.45) is 0 Å². The molecule has 0 aromatic heterocycles. The Morgan fingerprint density at radius 2 is 1.39 bits per heavy atom. The molecule has 0 aliphatic heterocycles. The number of aryl methyl sites for hydroxylation is 1. The second-order valence-corrected chi connectivity index (χ2v) is 9.95. The molecular weight excluding hydrogens is 280 g/mol. The molecule has 104 valence electrons. The molecule has 0 aliphatic carbocycles. The van der Waals surface area contributed by atoms with E-state index in [0.29, 0.717) is 0 Å². The van der Waals surface area contributed by atoms with Crippen LogP contribution in [0.15, 0.2) is 18.2 Å². The van der Waals surface area contributed by atoms with Crippen LogP contribution in [0.2, 0.25) is 19.6 Å². The summed E-state index contributed by atoms with van der Waals surface area (Å²) in [6.07, 6.45) is 0. The van der Waals surface area contributed by atoms with Crippen LogP contribution in [0.25, 0.3) is 0 Å². The standard InChI is InChI=1S/C10H17Si.3CH3O.Ti/c1-9-6-5-7-10(9)8-11(2,3)4;3*1-2;/h5-7H,8H2,1-4H3;3*1H3;/q4*-1;+4. The summed E-state index contributed by atoms with van der Waals surface area (Å²) >= 11 is 0. The maximum atomic E-state index is 8.25. The maximum absolute atomic E-state index is 8.25. The van der Waals surface area contributed by atoms with Crippen molar-refractivity contribution in [3.8, 4) is 0 Å². The van der Waals surface area contributed by atoms with Crippen LogP contribution in [0, 0.1) is 6.92 Å². The van der Waals surface area contributed by atoms with E-state index in [9.17, 15) is 0 Å². The molecule has 0 aliphatic rings. The fourth-order valence-electron chi connectivity index (χ4n) is 1.32. The van der Waals surface area contributed by atoms with E-state index < -0.39 is 8.07 Å². The van der Waals surface area contributed by atoms with Crippen LogP contribution in [-0.2, 0) is 27.8 Å². The normalized spacial score (nSPS) is 8.33. The van der Waals surface area contributed by atoms with E-state index >= 15 is 0 Å². The Balaban J connectivity index is -0.000000123. The molecule has 1 rings (SSSR count). The Kier molecular flexibility index (Phi) is 25.4. The van der Waals surface area contributed by atoms with E-state index in [1.165, 1.54) is 11.6 Å². The van der Waals surface area contributed by atoms with Crippen LogP contribution in [-0.4, -0.2) is 29.4 Å². The third kappa shape index (κ3) is 16.2. The summed E-state index contributed by atoms with van der Waals surface area (Å²) in [5.74, 6) is 0. The summed E-state index contributed by atoms with van der Waals surface area (Å²) in [5.41, 5.74) is 3.02. The predicted molar refractivity (Wildman–Crippen MR) is 71.6 cm³/mol. The van der Waals surface area contributed by atoms with Gasteiger partial charge < -0.3 is 15.3 Å². The molecule has 5 heteroatoms. The molecule has 0 spiro atoms. The zero-order valence-electron chi connectivity index (χ0n) is 12.7. The minimum absolute atomic E-state index is 0. The Morgan fingerprint density at radius 3 is 1.61 bits per heavy atom. The minimum Gasteiger partial charge on any atom is -0.857 e. The Hall–Kier alpha value is 0.161. The molecule has 18 heavy (non-hydrogen) atoms. The first-order chi connectivity index (χ1) is 7.99. The molecule has 0 amide bonds. The van der Waals surface area contributed by atoms with Gasteiger partial charge in [-0.05, 0) is 0 Å². The van der Waals surface area contributed by atoms with Crippen LogP contribution in [0.1, 0.15) is 11.1 Å². The monoisotopic (exact) mass is 306 g/mol. The molecule has 0 radical (unpaired) electrons. The third-order valence-electron chi connectivity index (χ3n) is 1.87. The molecule has 0 fully saturated rings. The molecule has 0 saturated carbocycles. The van der Waals surface area contributed by atoms with Gasteiger partial charge in [0, 0.05) is 8.07 Å². The summed E-state index contributed by atoms with van der Waals surface area (Å²) in [4.78, 5) is 0. The van der Waals surface area contributed by atoms with E-state index in [1.807, 2.05) is 0 Å². The van der Waals surface area contributed by atoms with Gasteiger partial charge in [-0.25, -0.2) is 12.1 Å². The van der Waals surface area contributed by atoms with Gasteiger partial charge in [-0.15, -0.1) is 0 Å². The summed E-state index contributed by atoms with van der Waals surface area (Å²) in [5, 5.41) is 24.8. The van der Waals surface area contributed by atoms with Crippen molar-refractivity contribution in [3.05, 3.63) is 29.3 Å². The summed E-state index contributed by atoms with van der Waals surface area (Å²) in [6.45, 7) is 9.45. The molecule has 1 aromatic rings. The predicted octanol–water partition coefficient (Wildman–Crippen LogP) is 0.0608. The van der Waals surface area contributed by atoms with E-state index in [4.69, 9.17) is 15.3 Å². The van der Waals surface area contributed by atoms with E-state index in [1.54, 1.807) is 5.56 Å². The van der Waals surface area contributed by atoms with E-state index in [-0.39, 0.29) is 21.7 Å². The van der Waals surface area contributed by atoms with Crippen LogP contribution in [0.4, 0.5) is 0 Å². The van der Waals surface area contributed by atoms with Crippen molar-refractivity contribution >= 4 is 8.07 Å². The van der Waals surface area contributed by atoms with Gasteiger partial charge in [-0.3, -0.25) is 0 Å². The van der Waals surface area contributed by atoms with Crippen molar-refractivity contribution in [1.82, 2.24) is 0 Å². The van der Waals surface area contributed by atoms with Crippen molar-refractivity contribution < 1.29 is 37.0 Å².